The molecular weight excluding hydrogens is 462 g/mol. The molecule has 1 aliphatic heterocycles. The van der Waals surface area contributed by atoms with E-state index in [2.05, 4.69) is 13.4 Å². The third-order valence-electron chi connectivity index (χ3n) is 4.03. The fraction of sp³-hybridized carbons (Fsp3) is 0.333. The molecule has 1 aromatic carbocycles. The average molecular weight is 480 g/mol. The van der Waals surface area contributed by atoms with Crippen LogP contribution in [0.3, 0.4) is 0 Å². The van der Waals surface area contributed by atoms with E-state index >= 15 is 0 Å². The predicted octanol–water partition coefficient (Wildman–Crippen LogP) is -0.531. The van der Waals surface area contributed by atoms with Crippen molar-refractivity contribution < 1.29 is 47.2 Å². The fourth-order valence-electron chi connectivity index (χ4n) is 2.68. The number of hydrogen-bond donors (Lipinski definition) is 5. The summed E-state index contributed by atoms with van der Waals surface area (Å²) in [6, 6.07) is 8.16. The van der Waals surface area contributed by atoms with Gasteiger partial charge in [-0.2, -0.15) is 4.31 Å². The maximum atomic E-state index is 12.0. The molecular formula is C15H18N2O12P2. The van der Waals surface area contributed by atoms with Gasteiger partial charge in [-0.1, -0.05) is 18.2 Å². The van der Waals surface area contributed by atoms with Crippen LogP contribution in [0.25, 0.3) is 0 Å². The Hall–Kier alpha value is -2.12. The van der Waals surface area contributed by atoms with Crippen molar-refractivity contribution in [2.24, 2.45) is 0 Å². The summed E-state index contributed by atoms with van der Waals surface area (Å²) >= 11 is 0. The minimum atomic E-state index is -5.18. The molecule has 2 unspecified atom stereocenters. The van der Waals surface area contributed by atoms with Gasteiger partial charge in [-0.3, -0.25) is 23.8 Å². The molecule has 0 spiro atoms. The van der Waals surface area contributed by atoms with Crippen LogP contribution in [0.1, 0.15) is 6.23 Å². The highest BCUT2D eigenvalue weighted by Gasteiger charge is 2.46. The van der Waals surface area contributed by atoms with Gasteiger partial charge in [-0.25, -0.2) is 13.9 Å². The van der Waals surface area contributed by atoms with Gasteiger partial charge in [0.05, 0.1) is 6.61 Å². The zero-order valence-electron chi connectivity index (χ0n) is 15.5. The van der Waals surface area contributed by atoms with E-state index in [1.807, 2.05) is 4.98 Å². The summed E-state index contributed by atoms with van der Waals surface area (Å²) in [6.07, 6.45) is -5.20. The Kier molecular flexibility index (Phi) is 6.96. The molecule has 170 valence electrons. The number of aliphatic hydroxyl groups is 2. The van der Waals surface area contributed by atoms with E-state index < -0.39 is 58.0 Å². The summed E-state index contributed by atoms with van der Waals surface area (Å²) in [5.74, 6) is -0.111. The number of rotatable bonds is 8. The lowest BCUT2D eigenvalue weighted by molar-refractivity contribution is -0.0542. The summed E-state index contributed by atoms with van der Waals surface area (Å²) in [7, 11) is -10.3. The van der Waals surface area contributed by atoms with Gasteiger partial charge in [0, 0.05) is 12.3 Å². The van der Waals surface area contributed by atoms with Gasteiger partial charge in [0.25, 0.3) is 5.56 Å². The second kappa shape index (κ2) is 9.17. The Labute approximate surface area is 173 Å². The average Bonchev–Trinajstić information content (AvgIpc) is 2.94. The third-order valence-corrected chi connectivity index (χ3v) is 6.60. The largest absolute Gasteiger partial charge is 0.536 e. The number of phosphoric ester groups is 2. The zero-order valence-corrected chi connectivity index (χ0v) is 17.2. The number of hydrogen-bond acceptors (Lipinski definition) is 10. The van der Waals surface area contributed by atoms with E-state index in [-0.39, 0.29) is 5.75 Å². The Morgan fingerprint density at radius 1 is 1.03 bits per heavy atom. The molecule has 5 N–H and O–H groups in total. The number of aromatic nitrogens is 2. The molecule has 0 aliphatic carbocycles. The maximum Gasteiger partial charge on any atom is 0.536 e. The molecule has 3 rings (SSSR count). The number of ether oxygens (including phenoxy) is 1. The molecule has 1 aromatic heterocycles. The smallest absolute Gasteiger partial charge is 0.404 e. The highest BCUT2D eigenvalue weighted by molar-refractivity contribution is 7.61. The minimum Gasteiger partial charge on any atom is -0.404 e. The Bertz CT molecular complexity index is 1120. The molecule has 0 amide bonds. The summed E-state index contributed by atoms with van der Waals surface area (Å²) in [5.41, 5.74) is -1.63. The van der Waals surface area contributed by atoms with Gasteiger partial charge in [0.1, 0.15) is 24.1 Å². The lowest BCUT2D eigenvalue weighted by Gasteiger charge is -2.19. The molecule has 2 aromatic rings. The highest BCUT2D eigenvalue weighted by Crippen LogP contribution is 2.60. The Morgan fingerprint density at radius 2 is 1.71 bits per heavy atom. The summed E-state index contributed by atoms with van der Waals surface area (Å²) in [5, 5.41) is 20.2. The number of para-hydroxylation sites is 1. The van der Waals surface area contributed by atoms with Gasteiger partial charge in [-0.05, 0) is 12.1 Å². The van der Waals surface area contributed by atoms with E-state index in [4.69, 9.17) is 4.74 Å². The maximum absolute atomic E-state index is 12.0. The van der Waals surface area contributed by atoms with Gasteiger partial charge in [0.2, 0.25) is 0 Å². The first-order valence-corrected chi connectivity index (χ1v) is 11.6. The molecule has 16 heteroatoms. The molecule has 0 bridgehead atoms. The Morgan fingerprint density at radius 3 is 2.35 bits per heavy atom. The summed E-state index contributed by atoms with van der Waals surface area (Å²) in [6.45, 7) is -0.869. The van der Waals surface area contributed by atoms with Crippen molar-refractivity contribution in [2.45, 2.75) is 24.5 Å². The topological polar surface area (TPSA) is 207 Å². The van der Waals surface area contributed by atoms with Crippen molar-refractivity contribution in [3.63, 3.8) is 0 Å². The van der Waals surface area contributed by atoms with Crippen LogP contribution in [0.2, 0.25) is 0 Å². The second-order valence-electron chi connectivity index (χ2n) is 6.28. The van der Waals surface area contributed by atoms with Crippen LogP contribution in [0, 0.1) is 0 Å². The highest BCUT2D eigenvalue weighted by atomic mass is 31.3. The fourth-order valence-corrected chi connectivity index (χ4v) is 4.77. The van der Waals surface area contributed by atoms with Crippen LogP contribution in [0.5, 0.6) is 5.75 Å². The minimum absolute atomic E-state index is 0.111. The number of nitrogens with one attached hydrogen (secondary N) is 1. The van der Waals surface area contributed by atoms with Crippen LogP contribution < -0.4 is 15.8 Å². The van der Waals surface area contributed by atoms with Crippen LogP contribution in [-0.2, 0) is 22.7 Å². The van der Waals surface area contributed by atoms with Crippen LogP contribution in [0.15, 0.2) is 52.2 Å². The van der Waals surface area contributed by atoms with E-state index in [0.29, 0.717) is 0 Å². The lowest BCUT2D eigenvalue weighted by atomic mass is 10.1. The molecule has 6 atom stereocenters. The van der Waals surface area contributed by atoms with Crippen LogP contribution in [-0.4, -0.2) is 54.5 Å². The molecule has 1 fully saturated rings. The van der Waals surface area contributed by atoms with E-state index in [1.165, 1.54) is 24.3 Å². The SMILES string of the molecule is O=c1ccn([C@@H]2O[C@@H](COP(=O)(O)OP(=O)(O)Oc3ccccc3)[C@H](O)[C@H]2O)c(=O)[nH]1. The monoisotopic (exact) mass is 480 g/mol. The molecule has 14 nitrogen and oxygen atoms in total. The predicted molar refractivity (Wildman–Crippen MR) is 101 cm³/mol. The summed E-state index contributed by atoms with van der Waals surface area (Å²) in [4.78, 5) is 44.3. The molecule has 2 heterocycles. The number of nitrogens with zero attached hydrogens (tertiary/aromatic N) is 1. The van der Waals surface area contributed by atoms with E-state index in [0.717, 1.165) is 16.8 Å². The van der Waals surface area contributed by atoms with Gasteiger partial charge in [0.15, 0.2) is 6.23 Å². The van der Waals surface area contributed by atoms with Gasteiger partial charge >= 0.3 is 21.3 Å². The van der Waals surface area contributed by atoms with Crippen LogP contribution in [0.4, 0.5) is 0 Å². The molecule has 31 heavy (non-hydrogen) atoms. The number of benzene rings is 1. The summed E-state index contributed by atoms with van der Waals surface area (Å²) < 4.78 is 43.4. The van der Waals surface area contributed by atoms with Crippen LogP contribution >= 0.6 is 15.6 Å². The quantitative estimate of drug-likeness (QED) is 0.302. The molecule has 1 aliphatic rings. The van der Waals surface area contributed by atoms with Crippen molar-refractivity contribution >= 4 is 15.6 Å². The normalized spacial score (nSPS) is 27.4. The van der Waals surface area contributed by atoms with Crippen molar-refractivity contribution in [3.05, 3.63) is 63.4 Å². The first-order chi connectivity index (χ1) is 14.5. The lowest BCUT2D eigenvalue weighted by Crippen LogP contribution is -2.37. The van der Waals surface area contributed by atoms with Gasteiger partial charge < -0.3 is 24.4 Å². The zero-order chi connectivity index (χ0) is 22.8. The number of H-pyrrole nitrogens is 1. The third kappa shape index (κ3) is 5.98. The van der Waals surface area contributed by atoms with E-state index in [9.17, 15) is 38.7 Å². The first kappa shape index (κ1) is 23.5. The van der Waals surface area contributed by atoms with Crippen molar-refractivity contribution in [1.29, 1.82) is 0 Å². The van der Waals surface area contributed by atoms with E-state index in [1.54, 1.807) is 6.07 Å². The molecule has 0 saturated carbocycles. The Balaban J connectivity index is 1.63. The molecule has 0 radical (unpaired) electrons. The van der Waals surface area contributed by atoms with Crippen molar-refractivity contribution in [1.82, 2.24) is 9.55 Å². The molecule has 1 saturated heterocycles. The van der Waals surface area contributed by atoms with Gasteiger partial charge in [-0.15, -0.1) is 0 Å². The number of aliphatic hydroxyl groups excluding tert-OH is 2. The standard InChI is InChI=1S/C15H18N2O12P2/c18-11-6-7-17(15(21)16-11)14-13(20)12(19)10(27-14)8-26-30(22,23)29-31(24,25)28-9-4-2-1-3-5-9/h1-7,10,12-14,19-20H,8H2,(H,22,23)(H,24,25)(H,16,18,21)/t10-,12-,13+,14+/m0/s1. The number of aromatic amines is 1. The second-order valence-corrected chi connectivity index (χ2v) is 9.25. The van der Waals surface area contributed by atoms with Crippen molar-refractivity contribution in [3.8, 4) is 5.75 Å². The van der Waals surface area contributed by atoms with Crippen molar-refractivity contribution in [2.75, 3.05) is 6.61 Å². The number of phosphoric acid groups is 2. The first-order valence-electron chi connectivity index (χ1n) is 8.57.